The molecule has 0 aliphatic rings. The molecule has 0 aliphatic heterocycles. The van der Waals surface area contributed by atoms with E-state index in [2.05, 4.69) is 0 Å². The van der Waals surface area contributed by atoms with E-state index in [0.717, 1.165) is 12.1 Å². The van der Waals surface area contributed by atoms with E-state index in [9.17, 15) is 14.3 Å². The molecule has 1 aromatic rings. The second-order valence-corrected chi connectivity index (χ2v) is 3.97. The van der Waals surface area contributed by atoms with Gasteiger partial charge in [0.15, 0.2) is 11.1 Å². The van der Waals surface area contributed by atoms with Crippen LogP contribution in [-0.4, -0.2) is 13.7 Å². The molecule has 5 nitrogen and oxygen atoms in total. The summed E-state index contributed by atoms with van der Waals surface area (Å²) in [6.07, 6.45) is 0. The van der Waals surface area contributed by atoms with Gasteiger partial charge in [0.25, 0.3) is 5.69 Å². The van der Waals surface area contributed by atoms with Gasteiger partial charge in [-0.25, -0.2) is 4.21 Å². The van der Waals surface area contributed by atoms with Crippen LogP contribution in [0.5, 0.6) is 0 Å². The number of hydrogen-bond donors (Lipinski definition) is 1. The zero-order valence-corrected chi connectivity index (χ0v) is 8.77. The van der Waals surface area contributed by atoms with Crippen molar-refractivity contribution in [2.75, 3.05) is 0 Å². The zero-order chi connectivity index (χ0) is 10.9. The average Bonchev–Trinajstić information content (AvgIpc) is 2.01. The predicted octanol–water partition coefficient (Wildman–Crippen LogP) is 2.48. The van der Waals surface area contributed by atoms with Crippen LogP contribution in [0.2, 0.25) is 10.0 Å². The molecular formula is C6H3Cl2NO4S. The van der Waals surface area contributed by atoms with Gasteiger partial charge in [0.1, 0.15) is 4.90 Å². The van der Waals surface area contributed by atoms with Gasteiger partial charge in [-0.15, -0.1) is 0 Å². The van der Waals surface area contributed by atoms with Crippen LogP contribution in [-0.2, 0) is 11.1 Å². The lowest BCUT2D eigenvalue weighted by molar-refractivity contribution is -0.384. The number of nitro groups is 1. The van der Waals surface area contributed by atoms with Gasteiger partial charge in [-0.1, -0.05) is 23.2 Å². The van der Waals surface area contributed by atoms with Gasteiger partial charge in [-0.05, 0) is 0 Å². The maximum Gasteiger partial charge on any atom is 0.272 e. The number of hydrogen-bond acceptors (Lipinski definition) is 3. The maximum atomic E-state index is 10.7. The molecule has 1 N–H and O–H groups in total. The normalized spacial score (nSPS) is 12.5. The predicted molar refractivity (Wildman–Crippen MR) is 52.2 cm³/mol. The van der Waals surface area contributed by atoms with Gasteiger partial charge in [0, 0.05) is 12.1 Å². The minimum atomic E-state index is -2.36. The van der Waals surface area contributed by atoms with Crippen LogP contribution < -0.4 is 0 Å². The van der Waals surface area contributed by atoms with Crippen molar-refractivity contribution in [2.24, 2.45) is 0 Å². The Bertz CT molecular complexity index is 399. The van der Waals surface area contributed by atoms with E-state index in [4.69, 9.17) is 27.8 Å². The first-order valence-electron chi connectivity index (χ1n) is 3.17. The summed E-state index contributed by atoms with van der Waals surface area (Å²) in [7, 11) is 0. The first-order valence-corrected chi connectivity index (χ1v) is 5.04. The molecule has 0 radical (unpaired) electrons. The van der Waals surface area contributed by atoms with E-state index < -0.39 is 16.0 Å². The Balaban J connectivity index is 3.39. The molecule has 0 spiro atoms. The molecule has 1 unspecified atom stereocenters. The van der Waals surface area contributed by atoms with Crippen LogP contribution in [0.4, 0.5) is 5.69 Å². The molecule has 0 saturated carbocycles. The highest BCUT2D eigenvalue weighted by atomic mass is 35.5. The Kier molecular flexibility index (Phi) is 3.43. The van der Waals surface area contributed by atoms with Crippen molar-refractivity contribution in [2.45, 2.75) is 4.90 Å². The topological polar surface area (TPSA) is 80.4 Å². The smallest absolute Gasteiger partial charge is 0.272 e. The number of non-ortho nitro benzene ring substituents is 1. The summed E-state index contributed by atoms with van der Waals surface area (Å²) in [4.78, 5) is 9.42. The van der Waals surface area contributed by atoms with Crippen molar-refractivity contribution in [3.8, 4) is 0 Å². The second kappa shape index (κ2) is 4.22. The van der Waals surface area contributed by atoms with Gasteiger partial charge in [-0.3, -0.25) is 10.1 Å². The number of rotatable bonds is 2. The number of nitrogens with zero attached hydrogens (tertiary/aromatic N) is 1. The minimum absolute atomic E-state index is 0.204. The Hall–Kier alpha value is -0.690. The summed E-state index contributed by atoms with van der Waals surface area (Å²) in [5.41, 5.74) is -0.325. The summed E-state index contributed by atoms with van der Waals surface area (Å²) in [6, 6.07) is 1.94. The van der Waals surface area contributed by atoms with E-state index >= 15 is 0 Å². The van der Waals surface area contributed by atoms with E-state index in [1.165, 1.54) is 0 Å². The van der Waals surface area contributed by atoms with Crippen molar-refractivity contribution in [1.82, 2.24) is 0 Å². The van der Waals surface area contributed by atoms with Crippen molar-refractivity contribution in [1.29, 1.82) is 0 Å². The molecule has 0 fully saturated rings. The highest BCUT2D eigenvalue weighted by molar-refractivity contribution is 7.79. The summed E-state index contributed by atoms with van der Waals surface area (Å²) in [5.74, 6) is 0. The van der Waals surface area contributed by atoms with Crippen molar-refractivity contribution in [3.05, 3.63) is 32.3 Å². The first-order chi connectivity index (χ1) is 6.43. The SMILES string of the molecule is O=[N+]([O-])c1cc(Cl)c(S(=O)O)c(Cl)c1. The molecule has 0 heterocycles. The highest BCUT2D eigenvalue weighted by Crippen LogP contribution is 2.31. The lowest BCUT2D eigenvalue weighted by atomic mass is 10.3. The molecule has 1 aromatic carbocycles. The molecule has 0 saturated heterocycles. The Morgan fingerprint density at radius 3 is 2.07 bits per heavy atom. The third-order valence-corrected chi connectivity index (χ3v) is 2.98. The molecule has 8 heteroatoms. The fourth-order valence-corrected chi connectivity index (χ4v) is 2.14. The monoisotopic (exact) mass is 255 g/mol. The third kappa shape index (κ3) is 2.21. The first kappa shape index (κ1) is 11.4. The zero-order valence-electron chi connectivity index (χ0n) is 6.44. The Morgan fingerprint density at radius 1 is 1.36 bits per heavy atom. The van der Waals surface area contributed by atoms with Crippen LogP contribution in [0.3, 0.4) is 0 Å². The summed E-state index contributed by atoms with van der Waals surface area (Å²) in [5, 5.41) is 9.93. The van der Waals surface area contributed by atoms with Gasteiger partial charge >= 0.3 is 0 Å². The van der Waals surface area contributed by atoms with E-state index in [1.807, 2.05) is 0 Å². The van der Waals surface area contributed by atoms with Crippen LogP contribution in [0.1, 0.15) is 0 Å². The molecule has 1 rings (SSSR count). The second-order valence-electron chi connectivity index (χ2n) is 2.24. The largest absolute Gasteiger partial charge is 0.302 e. The number of halogens is 2. The van der Waals surface area contributed by atoms with Crippen LogP contribution in [0.25, 0.3) is 0 Å². The Labute approximate surface area is 91.1 Å². The standard InChI is InChI=1S/C6H3Cl2NO4S/c7-4-1-3(9(10)11)2-5(8)6(4)14(12)13/h1-2H,(H,12,13). The molecule has 0 aliphatic carbocycles. The fourth-order valence-electron chi connectivity index (χ4n) is 0.819. The van der Waals surface area contributed by atoms with E-state index in [1.54, 1.807) is 0 Å². The highest BCUT2D eigenvalue weighted by Gasteiger charge is 2.17. The number of nitro benzene ring substituents is 1. The lowest BCUT2D eigenvalue weighted by Gasteiger charge is -2.01. The van der Waals surface area contributed by atoms with Crippen LogP contribution in [0.15, 0.2) is 17.0 Å². The summed E-state index contributed by atoms with van der Waals surface area (Å²) in [6.45, 7) is 0. The van der Waals surface area contributed by atoms with Gasteiger partial charge in [-0.2, -0.15) is 0 Å². The maximum absolute atomic E-state index is 10.7. The lowest BCUT2D eigenvalue weighted by Crippen LogP contribution is -1.94. The van der Waals surface area contributed by atoms with Crippen LogP contribution >= 0.6 is 23.2 Å². The molecule has 76 valence electrons. The summed E-state index contributed by atoms with van der Waals surface area (Å²) >= 11 is 8.70. The molecular weight excluding hydrogens is 253 g/mol. The Morgan fingerprint density at radius 2 is 1.79 bits per heavy atom. The van der Waals surface area contributed by atoms with E-state index in [-0.39, 0.29) is 20.6 Å². The van der Waals surface area contributed by atoms with E-state index in [0.29, 0.717) is 0 Å². The quantitative estimate of drug-likeness (QED) is 0.500. The molecule has 0 aromatic heterocycles. The summed E-state index contributed by atoms with van der Waals surface area (Å²) < 4.78 is 19.4. The average molecular weight is 256 g/mol. The molecule has 0 amide bonds. The third-order valence-electron chi connectivity index (χ3n) is 1.37. The van der Waals surface area contributed by atoms with Crippen molar-refractivity contribution >= 4 is 40.0 Å². The number of benzene rings is 1. The van der Waals surface area contributed by atoms with Gasteiger partial charge in [0.05, 0.1) is 15.0 Å². The van der Waals surface area contributed by atoms with Gasteiger partial charge in [0.2, 0.25) is 0 Å². The fraction of sp³-hybridized carbons (Fsp3) is 0. The van der Waals surface area contributed by atoms with Crippen LogP contribution in [0, 0.1) is 10.1 Å². The molecule has 14 heavy (non-hydrogen) atoms. The van der Waals surface area contributed by atoms with Gasteiger partial charge < -0.3 is 4.55 Å². The minimum Gasteiger partial charge on any atom is -0.302 e. The molecule has 0 bridgehead atoms. The van der Waals surface area contributed by atoms with Crippen molar-refractivity contribution in [3.63, 3.8) is 0 Å². The van der Waals surface area contributed by atoms with Crippen molar-refractivity contribution < 1.29 is 13.7 Å². The molecule has 1 atom stereocenters.